The van der Waals surface area contributed by atoms with Crippen molar-refractivity contribution in [3.05, 3.63) is 29.7 Å². The van der Waals surface area contributed by atoms with Crippen LogP contribution >= 0.6 is 0 Å². The Morgan fingerprint density at radius 3 is 2.63 bits per heavy atom. The fraction of sp³-hybridized carbons (Fsp3) is 0.560. The number of pyridine rings is 1. The lowest BCUT2D eigenvalue weighted by molar-refractivity contribution is -0.0439. The van der Waals surface area contributed by atoms with Gasteiger partial charge in [-0.2, -0.15) is 15.1 Å². The van der Waals surface area contributed by atoms with Crippen LogP contribution in [0.5, 0.6) is 11.8 Å². The molecule has 3 aromatic rings. The second-order valence-electron chi connectivity index (χ2n) is 10.6. The molecular formula is C25H31N7O5S. The van der Waals surface area contributed by atoms with E-state index >= 15 is 0 Å². The third-order valence-electron chi connectivity index (χ3n) is 7.70. The van der Waals surface area contributed by atoms with Gasteiger partial charge in [-0.25, -0.2) is 13.4 Å². The van der Waals surface area contributed by atoms with Crippen LogP contribution in [0.4, 0.5) is 5.82 Å². The summed E-state index contributed by atoms with van der Waals surface area (Å²) in [6, 6.07) is 3.61. The smallest absolute Gasteiger partial charge is 0.319 e. The Labute approximate surface area is 220 Å². The average Bonchev–Trinajstić information content (AvgIpc) is 3.28. The second-order valence-corrected chi connectivity index (χ2v) is 12.7. The molecule has 0 atom stereocenters. The summed E-state index contributed by atoms with van der Waals surface area (Å²) in [6.07, 6.45) is 7.42. The largest absolute Gasteiger partial charge is 0.477 e. The molecule has 4 heterocycles. The number of hydrogen-bond donors (Lipinski definition) is 2. The fourth-order valence-electron chi connectivity index (χ4n) is 5.73. The highest BCUT2D eigenvalue weighted by atomic mass is 32.2. The number of rotatable bonds is 9. The maximum atomic E-state index is 13.0. The topological polar surface area (TPSA) is 152 Å². The highest BCUT2D eigenvalue weighted by Crippen LogP contribution is 2.57. The number of nitrogens with zero attached hydrogens (tertiary/aromatic N) is 5. The number of fused-ring (bicyclic) bond motifs is 1. The van der Waals surface area contributed by atoms with Crippen molar-refractivity contribution in [3.63, 3.8) is 0 Å². The highest BCUT2D eigenvalue weighted by molar-refractivity contribution is 7.90. The minimum atomic E-state index is -3.30. The molecule has 1 aliphatic heterocycles. The zero-order valence-electron chi connectivity index (χ0n) is 21.4. The third-order valence-corrected chi connectivity index (χ3v) is 8.25. The molecule has 0 radical (unpaired) electrons. The number of ether oxygens (including phenoxy) is 2. The van der Waals surface area contributed by atoms with E-state index in [9.17, 15) is 13.2 Å². The number of nitrogens with one attached hydrogen (secondary N) is 2. The summed E-state index contributed by atoms with van der Waals surface area (Å²) >= 11 is 0. The van der Waals surface area contributed by atoms with E-state index in [1.54, 1.807) is 18.3 Å². The molecular weight excluding hydrogens is 510 g/mol. The van der Waals surface area contributed by atoms with E-state index in [0.717, 1.165) is 50.0 Å². The molecule has 202 valence electrons. The minimum Gasteiger partial charge on any atom is -0.477 e. The molecule has 0 spiro atoms. The molecule has 1 saturated heterocycles. The molecule has 13 heteroatoms. The number of hydrogen-bond acceptors (Lipinski definition) is 10. The quantitative estimate of drug-likeness (QED) is 0.412. The van der Waals surface area contributed by atoms with E-state index in [-0.39, 0.29) is 23.4 Å². The molecule has 2 bridgehead atoms. The molecule has 3 aliphatic carbocycles. The van der Waals surface area contributed by atoms with Crippen molar-refractivity contribution in [2.75, 3.05) is 36.8 Å². The molecule has 3 saturated carbocycles. The van der Waals surface area contributed by atoms with Gasteiger partial charge in [-0.15, -0.1) is 0 Å². The van der Waals surface area contributed by atoms with E-state index < -0.39 is 15.8 Å². The summed E-state index contributed by atoms with van der Waals surface area (Å²) in [7, 11) is -3.30. The maximum Gasteiger partial charge on any atom is 0.319 e. The lowest BCUT2D eigenvalue weighted by Gasteiger charge is -2.61. The van der Waals surface area contributed by atoms with Crippen LogP contribution in [0.25, 0.3) is 11.0 Å². The van der Waals surface area contributed by atoms with E-state index in [1.807, 2.05) is 6.92 Å². The minimum absolute atomic E-state index is 0.0396. The molecule has 4 fully saturated rings. The lowest BCUT2D eigenvalue weighted by Crippen LogP contribution is -2.68. The van der Waals surface area contributed by atoms with Crippen molar-refractivity contribution < 1.29 is 22.7 Å². The molecule has 38 heavy (non-hydrogen) atoms. The summed E-state index contributed by atoms with van der Waals surface area (Å²) in [6.45, 7) is 3.64. The van der Waals surface area contributed by atoms with Crippen molar-refractivity contribution in [3.8, 4) is 11.8 Å². The van der Waals surface area contributed by atoms with Gasteiger partial charge in [0, 0.05) is 43.1 Å². The standard InChI is InChI=1S/C25H31N7O5S/c1-3-36-24-27-17(23(33)29-25-11-15(12-25)13-25)10-19(28-24)32-8-5-16(6-9-32)21-20-18(37-14-38(2,34)35)4-7-26-22(20)31-30-21/h4,7,10,15-16H,3,5-6,8-9,11-14H2,1-2H3,(H,29,33)(H,26,30,31). The van der Waals surface area contributed by atoms with Gasteiger partial charge >= 0.3 is 6.01 Å². The molecule has 3 aromatic heterocycles. The lowest BCUT2D eigenvalue weighted by atomic mass is 9.50. The van der Waals surface area contributed by atoms with Crippen LogP contribution in [0.3, 0.4) is 0 Å². The monoisotopic (exact) mass is 541 g/mol. The Bertz CT molecular complexity index is 1470. The molecule has 1 amide bonds. The third kappa shape index (κ3) is 4.74. The van der Waals surface area contributed by atoms with Gasteiger partial charge in [-0.05, 0) is 51.0 Å². The summed E-state index contributed by atoms with van der Waals surface area (Å²) in [4.78, 5) is 28.4. The number of amides is 1. The fourth-order valence-corrected chi connectivity index (χ4v) is 6.08. The summed E-state index contributed by atoms with van der Waals surface area (Å²) < 4.78 is 34.5. The van der Waals surface area contributed by atoms with Crippen LogP contribution in [0, 0.1) is 5.92 Å². The van der Waals surface area contributed by atoms with Crippen LogP contribution in [0.15, 0.2) is 18.3 Å². The Balaban J connectivity index is 1.19. The van der Waals surface area contributed by atoms with Crippen molar-refractivity contribution >= 4 is 32.6 Å². The van der Waals surface area contributed by atoms with Crippen molar-refractivity contribution in [2.45, 2.75) is 50.5 Å². The van der Waals surface area contributed by atoms with Gasteiger partial charge < -0.3 is 19.7 Å². The second kappa shape index (κ2) is 9.37. The first-order valence-corrected chi connectivity index (χ1v) is 15.0. The number of carbonyl (C=O) groups excluding carboxylic acids is 1. The van der Waals surface area contributed by atoms with Crippen LogP contribution in [-0.4, -0.2) is 76.9 Å². The summed E-state index contributed by atoms with van der Waals surface area (Å²) in [5, 5.41) is 11.4. The SMILES string of the molecule is CCOc1nc(C(=O)NC23CC(C2)C3)cc(N2CCC(c3n[nH]c4nccc(OCS(C)(=O)=O)c34)CC2)n1. The average molecular weight is 542 g/mol. The predicted octanol–water partition coefficient (Wildman–Crippen LogP) is 2.19. The van der Waals surface area contributed by atoms with E-state index in [1.165, 1.54) is 0 Å². The van der Waals surface area contributed by atoms with E-state index in [2.05, 4.69) is 35.4 Å². The highest BCUT2D eigenvalue weighted by Gasteiger charge is 2.57. The first kappa shape index (κ1) is 24.8. The zero-order valence-corrected chi connectivity index (χ0v) is 22.3. The first-order valence-electron chi connectivity index (χ1n) is 12.9. The molecule has 0 unspecified atom stereocenters. The summed E-state index contributed by atoms with van der Waals surface area (Å²) in [5.74, 6) is 1.40. The predicted molar refractivity (Wildman–Crippen MR) is 139 cm³/mol. The Morgan fingerprint density at radius 2 is 1.97 bits per heavy atom. The number of piperidine rings is 1. The Kier molecular flexibility index (Phi) is 6.12. The number of aromatic nitrogens is 5. The first-order chi connectivity index (χ1) is 18.2. The van der Waals surface area contributed by atoms with Crippen LogP contribution < -0.4 is 19.7 Å². The number of H-pyrrole nitrogens is 1. The normalized spacial score (nSPS) is 23.0. The van der Waals surface area contributed by atoms with Crippen LogP contribution in [0.2, 0.25) is 0 Å². The number of anilines is 1. The van der Waals surface area contributed by atoms with E-state index in [4.69, 9.17) is 9.47 Å². The Morgan fingerprint density at radius 1 is 1.21 bits per heavy atom. The summed E-state index contributed by atoms with van der Waals surface area (Å²) in [5.41, 5.74) is 1.65. The zero-order chi connectivity index (χ0) is 26.5. The van der Waals surface area contributed by atoms with Gasteiger partial charge in [0.2, 0.25) is 0 Å². The van der Waals surface area contributed by atoms with Gasteiger partial charge in [-0.3, -0.25) is 9.89 Å². The molecule has 12 nitrogen and oxygen atoms in total. The number of carbonyl (C=O) groups is 1. The number of aromatic amines is 1. The van der Waals surface area contributed by atoms with Gasteiger partial charge in [-0.1, -0.05) is 0 Å². The van der Waals surface area contributed by atoms with Gasteiger partial charge in [0.1, 0.15) is 17.3 Å². The van der Waals surface area contributed by atoms with Crippen molar-refractivity contribution in [2.24, 2.45) is 5.92 Å². The molecule has 0 aromatic carbocycles. The van der Waals surface area contributed by atoms with Crippen LogP contribution in [-0.2, 0) is 9.84 Å². The van der Waals surface area contributed by atoms with Crippen LogP contribution in [0.1, 0.15) is 61.1 Å². The van der Waals surface area contributed by atoms with Crippen molar-refractivity contribution in [1.29, 1.82) is 0 Å². The molecule has 4 aliphatic rings. The van der Waals surface area contributed by atoms with Gasteiger partial charge in [0.15, 0.2) is 21.4 Å². The van der Waals surface area contributed by atoms with Gasteiger partial charge in [0.05, 0.1) is 17.7 Å². The Hall–Kier alpha value is -3.48. The number of sulfone groups is 1. The van der Waals surface area contributed by atoms with Gasteiger partial charge in [0.25, 0.3) is 5.91 Å². The van der Waals surface area contributed by atoms with Crippen molar-refractivity contribution in [1.82, 2.24) is 30.5 Å². The van der Waals surface area contributed by atoms with E-state index in [0.29, 0.717) is 48.0 Å². The molecule has 7 rings (SSSR count). The maximum absolute atomic E-state index is 13.0. The molecule has 2 N–H and O–H groups in total.